The highest BCUT2D eigenvalue weighted by Gasteiger charge is 2.30. The lowest BCUT2D eigenvalue weighted by molar-refractivity contribution is 0.0195. The molecule has 166 valence electrons. The molecule has 1 atom stereocenters. The summed E-state index contributed by atoms with van der Waals surface area (Å²) in [6, 6.07) is 7.51. The standard InChI is InChI=1S/C24H37N3O3/c1-24(2,3)30-23(28)27-14-10-18(11-15-27)26-22-7-4-17-16-20(5-6-21(17)22)29-19-8-12-25-13-9-19/h5-6,16,18-19,22,25-26H,4,7-15H2,1-3H3. The molecule has 2 N–H and O–H groups in total. The number of likely N-dealkylation sites (tertiary alicyclic amines) is 1. The first-order chi connectivity index (χ1) is 14.4. The molecular formula is C24H37N3O3. The number of carbonyl (C=O) groups is 1. The third-order valence-corrected chi connectivity index (χ3v) is 6.36. The number of fused-ring (bicyclic) bond motifs is 1. The van der Waals surface area contributed by atoms with Crippen molar-refractivity contribution >= 4 is 6.09 Å². The third kappa shape index (κ3) is 5.46. The summed E-state index contributed by atoms with van der Waals surface area (Å²) in [5.41, 5.74) is 2.41. The van der Waals surface area contributed by atoms with E-state index in [1.807, 2.05) is 25.7 Å². The zero-order valence-electron chi connectivity index (χ0n) is 18.7. The minimum absolute atomic E-state index is 0.187. The Bertz CT molecular complexity index is 732. The van der Waals surface area contributed by atoms with Crippen LogP contribution in [0, 0.1) is 0 Å². The van der Waals surface area contributed by atoms with Gasteiger partial charge < -0.3 is 25.0 Å². The smallest absolute Gasteiger partial charge is 0.410 e. The Labute approximate surface area is 180 Å². The predicted octanol–water partition coefficient (Wildman–Crippen LogP) is 3.79. The number of rotatable bonds is 4. The van der Waals surface area contributed by atoms with Gasteiger partial charge in [0.2, 0.25) is 0 Å². The second kappa shape index (κ2) is 9.15. The molecule has 6 heteroatoms. The van der Waals surface area contributed by atoms with Crippen molar-refractivity contribution in [1.82, 2.24) is 15.5 Å². The SMILES string of the molecule is CC(C)(C)OC(=O)N1CCC(NC2CCc3cc(OC4CCNCC4)ccc32)CC1. The molecule has 0 radical (unpaired) electrons. The van der Waals surface area contributed by atoms with Gasteiger partial charge >= 0.3 is 6.09 Å². The number of aryl methyl sites for hydroxylation is 1. The summed E-state index contributed by atoms with van der Waals surface area (Å²) < 4.78 is 11.7. The Hall–Kier alpha value is -1.79. The lowest BCUT2D eigenvalue weighted by Crippen LogP contribution is -2.47. The van der Waals surface area contributed by atoms with Gasteiger partial charge in [0.15, 0.2) is 0 Å². The zero-order valence-corrected chi connectivity index (χ0v) is 18.7. The van der Waals surface area contributed by atoms with Crippen LogP contribution in [0.4, 0.5) is 4.79 Å². The summed E-state index contributed by atoms with van der Waals surface area (Å²) >= 11 is 0. The van der Waals surface area contributed by atoms with Gasteiger partial charge in [-0.3, -0.25) is 0 Å². The molecule has 1 aromatic rings. The van der Waals surface area contributed by atoms with Crippen LogP contribution in [0.25, 0.3) is 0 Å². The Balaban J connectivity index is 1.28. The number of nitrogens with zero attached hydrogens (tertiary/aromatic N) is 1. The Morgan fingerprint density at radius 3 is 2.53 bits per heavy atom. The maximum absolute atomic E-state index is 12.3. The topological polar surface area (TPSA) is 62.8 Å². The van der Waals surface area contributed by atoms with E-state index < -0.39 is 5.60 Å². The van der Waals surface area contributed by atoms with Crippen molar-refractivity contribution in [3.05, 3.63) is 29.3 Å². The van der Waals surface area contributed by atoms with E-state index in [9.17, 15) is 4.79 Å². The maximum atomic E-state index is 12.3. The van der Waals surface area contributed by atoms with Crippen LogP contribution >= 0.6 is 0 Å². The molecule has 0 spiro atoms. The summed E-state index contributed by atoms with van der Waals surface area (Å²) in [6.45, 7) is 9.37. The number of piperidine rings is 2. The number of hydrogen-bond donors (Lipinski definition) is 2. The van der Waals surface area contributed by atoms with Crippen molar-refractivity contribution < 1.29 is 14.3 Å². The number of carbonyl (C=O) groups excluding carboxylic acids is 1. The van der Waals surface area contributed by atoms with E-state index in [1.165, 1.54) is 11.1 Å². The van der Waals surface area contributed by atoms with Crippen molar-refractivity contribution in [2.24, 2.45) is 0 Å². The van der Waals surface area contributed by atoms with E-state index >= 15 is 0 Å². The molecule has 1 amide bonds. The summed E-state index contributed by atoms with van der Waals surface area (Å²) in [5.74, 6) is 1.02. The molecule has 0 aromatic heterocycles. The summed E-state index contributed by atoms with van der Waals surface area (Å²) in [6.07, 6.45) is 6.52. The second-order valence-electron chi connectivity index (χ2n) is 9.93. The molecular weight excluding hydrogens is 378 g/mol. The highest BCUT2D eigenvalue weighted by Crippen LogP contribution is 2.35. The molecule has 1 aliphatic carbocycles. The third-order valence-electron chi connectivity index (χ3n) is 6.36. The molecule has 2 heterocycles. The number of ether oxygens (including phenoxy) is 2. The van der Waals surface area contributed by atoms with Crippen LogP contribution < -0.4 is 15.4 Å². The summed E-state index contributed by atoms with van der Waals surface area (Å²) in [5, 5.41) is 7.24. The molecule has 1 unspecified atom stereocenters. The van der Waals surface area contributed by atoms with Crippen LogP contribution in [0.15, 0.2) is 18.2 Å². The van der Waals surface area contributed by atoms with Crippen molar-refractivity contribution in [1.29, 1.82) is 0 Å². The molecule has 2 aliphatic heterocycles. The molecule has 3 aliphatic rings. The van der Waals surface area contributed by atoms with E-state index in [-0.39, 0.29) is 6.09 Å². The van der Waals surface area contributed by atoms with Crippen molar-refractivity contribution in [3.63, 3.8) is 0 Å². The number of nitrogens with one attached hydrogen (secondary N) is 2. The first-order valence-corrected chi connectivity index (χ1v) is 11.6. The van der Waals surface area contributed by atoms with Gasteiger partial charge in [-0.15, -0.1) is 0 Å². The van der Waals surface area contributed by atoms with Crippen molar-refractivity contribution in [2.75, 3.05) is 26.2 Å². The second-order valence-corrected chi connectivity index (χ2v) is 9.93. The van der Waals surface area contributed by atoms with Gasteiger partial charge in [-0.25, -0.2) is 4.79 Å². The number of amides is 1. The largest absolute Gasteiger partial charge is 0.490 e. The first-order valence-electron chi connectivity index (χ1n) is 11.6. The van der Waals surface area contributed by atoms with Crippen molar-refractivity contribution in [2.45, 2.75) is 83.1 Å². The minimum Gasteiger partial charge on any atom is -0.490 e. The molecule has 2 fully saturated rings. The zero-order chi connectivity index (χ0) is 21.1. The van der Waals surface area contributed by atoms with Gasteiger partial charge in [-0.2, -0.15) is 0 Å². The number of hydrogen-bond acceptors (Lipinski definition) is 5. The molecule has 4 rings (SSSR count). The van der Waals surface area contributed by atoms with Gasteiger partial charge in [0, 0.05) is 25.2 Å². The summed E-state index contributed by atoms with van der Waals surface area (Å²) in [4.78, 5) is 14.1. The van der Waals surface area contributed by atoms with Gasteiger partial charge in [-0.05, 0) is 95.6 Å². The van der Waals surface area contributed by atoms with E-state index in [0.29, 0.717) is 18.2 Å². The van der Waals surface area contributed by atoms with E-state index in [0.717, 1.165) is 70.5 Å². The van der Waals surface area contributed by atoms with Crippen LogP contribution in [0.1, 0.15) is 70.0 Å². The van der Waals surface area contributed by atoms with Crippen LogP contribution in [-0.4, -0.2) is 54.9 Å². The summed E-state index contributed by atoms with van der Waals surface area (Å²) in [7, 11) is 0. The van der Waals surface area contributed by atoms with E-state index in [4.69, 9.17) is 9.47 Å². The minimum atomic E-state index is -0.434. The van der Waals surface area contributed by atoms with Gasteiger partial charge in [0.1, 0.15) is 17.5 Å². The molecule has 6 nitrogen and oxygen atoms in total. The fourth-order valence-electron chi connectivity index (χ4n) is 4.79. The highest BCUT2D eigenvalue weighted by atomic mass is 16.6. The Morgan fingerprint density at radius 2 is 1.83 bits per heavy atom. The van der Waals surface area contributed by atoms with Gasteiger partial charge in [0.25, 0.3) is 0 Å². The molecule has 1 aromatic carbocycles. The average molecular weight is 416 g/mol. The van der Waals surface area contributed by atoms with E-state index in [1.54, 1.807) is 0 Å². The van der Waals surface area contributed by atoms with Crippen LogP contribution in [0.2, 0.25) is 0 Å². The van der Waals surface area contributed by atoms with Gasteiger partial charge in [0.05, 0.1) is 0 Å². The van der Waals surface area contributed by atoms with Crippen LogP contribution in [0.3, 0.4) is 0 Å². The average Bonchev–Trinajstić information content (AvgIpc) is 3.10. The maximum Gasteiger partial charge on any atom is 0.410 e. The lowest BCUT2D eigenvalue weighted by Gasteiger charge is -2.35. The monoisotopic (exact) mass is 415 g/mol. The highest BCUT2D eigenvalue weighted by molar-refractivity contribution is 5.68. The van der Waals surface area contributed by atoms with Crippen LogP contribution in [-0.2, 0) is 11.2 Å². The quantitative estimate of drug-likeness (QED) is 0.783. The fourth-order valence-corrected chi connectivity index (χ4v) is 4.79. The van der Waals surface area contributed by atoms with Gasteiger partial charge in [-0.1, -0.05) is 6.07 Å². The lowest BCUT2D eigenvalue weighted by atomic mass is 10.0. The van der Waals surface area contributed by atoms with Crippen LogP contribution in [0.5, 0.6) is 5.75 Å². The fraction of sp³-hybridized carbons (Fsp3) is 0.708. The number of benzene rings is 1. The predicted molar refractivity (Wildman–Crippen MR) is 118 cm³/mol. The van der Waals surface area contributed by atoms with Crippen molar-refractivity contribution in [3.8, 4) is 5.75 Å². The van der Waals surface area contributed by atoms with E-state index in [2.05, 4.69) is 28.8 Å². The molecule has 30 heavy (non-hydrogen) atoms. The molecule has 2 saturated heterocycles. The Kier molecular flexibility index (Phi) is 6.54. The Morgan fingerprint density at radius 1 is 1.10 bits per heavy atom. The molecule has 0 bridgehead atoms. The normalized spacial score (nSPS) is 23.3. The first kappa shape index (κ1) is 21.4. The molecule has 0 saturated carbocycles.